The monoisotopic (exact) mass is 473 g/mol. The van der Waals surface area contributed by atoms with Crippen molar-refractivity contribution < 1.29 is 14.3 Å². The fourth-order valence-electron chi connectivity index (χ4n) is 4.25. The summed E-state index contributed by atoms with van der Waals surface area (Å²) < 4.78 is 5.57. The summed E-state index contributed by atoms with van der Waals surface area (Å²) in [6.07, 6.45) is -0.921. The minimum absolute atomic E-state index is 0.0445. The molecule has 1 atom stereocenters. The second-order valence-corrected chi connectivity index (χ2v) is 9.13. The molecule has 1 unspecified atom stereocenters. The molecule has 8 nitrogen and oxygen atoms in total. The van der Waals surface area contributed by atoms with Crippen molar-refractivity contribution in [3.05, 3.63) is 71.5 Å². The van der Waals surface area contributed by atoms with Gasteiger partial charge in [0, 0.05) is 35.5 Å². The minimum atomic E-state index is -0.583. The summed E-state index contributed by atoms with van der Waals surface area (Å²) in [6, 6.07) is 17.1. The van der Waals surface area contributed by atoms with Crippen molar-refractivity contribution in [1.29, 1.82) is 0 Å². The van der Waals surface area contributed by atoms with E-state index < -0.39 is 12.2 Å². The highest BCUT2D eigenvalue weighted by Crippen LogP contribution is 2.31. The summed E-state index contributed by atoms with van der Waals surface area (Å²) in [5, 5.41) is 2.75. The smallest absolute Gasteiger partial charge is 0.411 e. The van der Waals surface area contributed by atoms with E-state index in [1.54, 1.807) is 17.0 Å². The van der Waals surface area contributed by atoms with Crippen LogP contribution in [0, 0.1) is 13.8 Å². The first-order valence-electron chi connectivity index (χ1n) is 11.7. The molecule has 0 spiro atoms. The summed E-state index contributed by atoms with van der Waals surface area (Å²) in [5.74, 6) is 0.847. The number of amides is 2. The van der Waals surface area contributed by atoms with Crippen LogP contribution in [0.2, 0.25) is 0 Å². The highest BCUT2D eigenvalue weighted by molar-refractivity contribution is 5.97. The Labute approximate surface area is 205 Å². The number of carbonyl (C=O) groups is 2. The Morgan fingerprint density at radius 2 is 1.74 bits per heavy atom. The van der Waals surface area contributed by atoms with Gasteiger partial charge in [-0.2, -0.15) is 0 Å². The van der Waals surface area contributed by atoms with E-state index in [1.807, 2.05) is 68.3 Å². The zero-order valence-electron chi connectivity index (χ0n) is 20.8. The number of carbonyl (C=O) groups excluding carboxylic acids is 2. The Balaban J connectivity index is 1.36. The molecule has 2 heterocycles. The summed E-state index contributed by atoms with van der Waals surface area (Å²) in [4.78, 5) is 37.7. The summed E-state index contributed by atoms with van der Waals surface area (Å²) >= 11 is 0. The van der Waals surface area contributed by atoms with Crippen molar-refractivity contribution in [2.75, 3.05) is 28.7 Å². The van der Waals surface area contributed by atoms with Crippen LogP contribution in [-0.4, -0.2) is 41.7 Å². The molecule has 182 valence electrons. The first-order valence-corrected chi connectivity index (χ1v) is 11.7. The third-order valence-corrected chi connectivity index (χ3v) is 5.98. The van der Waals surface area contributed by atoms with Crippen molar-refractivity contribution >= 4 is 35.0 Å². The SMILES string of the molecule is Cc1cc(C)nc(N(C)c2ccc(NC(=O)OC3CC(=O)N(c4ccccc4C(C)C)C3)cc2)n1. The molecule has 0 saturated carbocycles. The lowest BCUT2D eigenvalue weighted by molar-refractivity contribution is -0.117. The number of aromatic nitrogens is 2. The summed E-state index contributed by atoms with van der Waals surface area (Å²) in [6.45, 7) is 8.41. The zero-order chi connectivity index (χ0) is 25.1. The second-order valence-electron chi connectivity index (χ2n) is 9.13. The standard InChI is InChI=1S/C27H31N5O3/c1-17(2)23-8-6-7-9-24(23)32-16-22(15-25(32)33)35-27(34)30-20-10-12-21(13-11-20)31(5)26-28-18(3)14-19(4)29-26/h6-14,17,22H,15-16H2,1-5H3,(H,30,34). The molecule has 1 aliphatic heterocycles. The van der Waals surface area contributed by atoms with Gasteiger partial charge < -0.3 is 14.5 Å². The molecule has 3 aromatic rings. The van der Waals surface area contributed by atoms with Crippen molar-refractivity contribution in [2.24, 2.45) is 0 Å². The molecule has 0 aliphatic carbocycles. The zero-order valence-corrected chi connectivity index (χ0v) is 20.8. The topological polar surface area (TPSA) is 87.7 Å². The Bertz CT molecular complexity index is 1210. The van der Waals surface area contributed by atoms with E-state index in [1.165, 1.54) is 0 Å². The van der Waals surface area contributed by atoms with Crippen LogP contribution in [0.1, 0.15) is 43.1 Å². The van der Waals surface area contributed by atoms with Crippen LogP contribution < -0.4 is 15.1 Å². The van der Waals surface area contributed by atoms with Crippen LogP contribution in [0.15, 0.2) is 54.6 Å². The van der Waals surface area contributed by atoms with Gasteiger partial charge in [0.1, 0.15) is 6.10 Å². The van der Waals surface area contributed by atoms with E-state index in [2.05, 4.69) is 29.1 Å². The largest absolute Gasteiger partial charge is 0.444 e. The first kappa shape index (κ1) is 24.2. The van der Waals surface area contributed by atoms with Crippen LogP contribution in [0.3, 0.4) is 0 Å². The van der Waals surface area contributed by atoms with Crippen molar-refractivity contribution in [3.63, 3.8) is 0 Å². The predicted octanol–water partition coefficient (Wildman–Crippen LogP) is 5.34. The maximum atomic E-state index is 12.7. The van der Waals surface area contributed by atoms with Crippen LogP contribution in [0.25, 0.3) is 0 Å². The first-order chi connectivity index (χ1) is 16.7. The van der Waals surface area contributed by atoms with Crippen molar-refractivity contribution in [1.82, 2.24) is 9.97 Å². The molecule has 4 rings (SSSR count). The van der Waals surface area contributed by atoms with E-state index >= 15 is 0 Å². The highest BCUT2D eigenvalue weighted by atomic mass is 16.6. The molecule has 35 heavy (non-hydrogen) atoms. The number of para-hydroxylation sites is 1. The van der Waals surface area contributed by atoms with Gasteiger partial charge in [0.25, 0.3) is 0 Å². The Morgan fingerprint density at radius 1 is 1.09 bits per heavy atom. The molecular weight excluding hydrogens is 442 g/mol. The average molecular weight is 474 g/mol. The number of aryl methyl sites for hydroxylation is 2. The maximum Gasteiger partial charge on any atom is 0.411 e. The molecule has 0 radical (unpaired) electrons. The molecule has 2 aromatic carbocycles. The molecule has 0 bridgehead atoms. The molecule has 1 aromatic heterocycles. The molecular formula is C27H31N5O3. The minimum Gasteiger partial charge on any atom is -0.444 e. The van der Waals surface area contributed by atoms with Gasteiger partial charge in [-0.3, -0.25) is 10.1 Å². The highest BCUT2D eigenvalue weighted by Gasteiger charge is 2.34. The number of hydrogen-bond acceptors (Lipinski definition) is 6. The number of hydrogen-bond donors (Lipinski definition) is 1. The number of ether oxygens (including phenoxy) is 1. The molecule has 1 saturated heterocycles. The molecule has 1 fully saturated rings. The van der Waals surface area contributed by atoms with E-state index in [4.69, 9.17) is 4.74 Å². The normalized spacial score (nSPS) is 15.4. The fraction of sp³-hybridized carbons (Fsp3) is 0.333. The lowest BCUT2D eigenvalue weighted by Crippen LogP contribution is -2.28. The van der Waals surface area contributed by atoms with E-state index in [0.717, 1.165) is 28.3 Å². The van der Waals surface area contributed by atoms with Crippen LogP contribution in [0.5, 0.6) is 0 Å². The second kappa shape index (κ2) is 10.1. The quantitative estimate of drug-likeness (QED) is 0.520. The maximum absolute atomic E-state index is 12.7. The lowest BCUT2D eigenvalue weighted by atomic mass is 10.0. The van der Waals surface area contributed by atoms with Gasteiger partial charge in [-0.15, -0.1) is 0 Å². The van der Waals surface area contributed by atoms with E-state index in [-0.39, 0.29) is 18.2 Å². The van der Waals surface area contributed by atoms with Gasteiger partial charge >= 0.3 is 6.09 Å². The van der Waals surface area contributed by atoms with Crippen molar-refractivity contribution in [3.8, 4) is 0 Å². The Hall–Kier alpha value is -3.94. The van der Waals surface area contributed by atoms with Gasteiger partial charge in [-0.05, 0) is 61.7 Å². The summed E-state index contributed by atoms with van der Waals surface area (Å²) in [7, 11) is 1.89. The molecule has 8 heteroatoms. The number of benzene rings is 2. The number of nitrogens with one attached hydrogen (secondary N) is 1. The number of rotatable bonds is 6. The lowest BCUT2D eigenvalue weighted by Gasteiger charge is -2.22. The number of anilines is 4. The molecule has 1 N–H and O–H groups in total. The Kier molecular flexibility index (Phi) is 7.00. The van der Waals surface area contributed by atoms with Gasteiger partial charge in [0.15, 0.2) is 0 Å². The fourth-order valence-corrected chi connectivity index (χ4v) is 4.25. The number of nitrogens with zero attached hydrogens (tertiary/aromatic N) is 4. The van der Waals surface area contributed by atoms with E-state index in [9.17, 15) is 9.59 Å². The van der Waals surface area contributed by atoms with Gasteiger partial charge in [-0.1, -0.05) is 32.0 Å². The predicted molar refractivity (Wildman–Crippen MR) is 137 cm³/mol. The van der Waals surface area contributed by atoms with Crippen LogP contribution >= 0.6 is 0 Å². The van der Waals surface area contributed by atoms with Crippen LogP contribution in [-0.2, 0) is 9.53 Å². The summed E-state index contributed by atoms with van der Waals surface area (Å²) in [5.41, 5.74) is 5.26. The van der Waals surface area contributed by atoms with E-state index in [0.29, 0.717) is 18.2 Å². The third kappa shape index (κ3) is 5.59. The third-order valence-electron chi connectivity index (χ3n) is 5.98. The van der Waals surface area contributed by atoms with Gasteiger partial charge in [-0.25, -0.2) is 14.8 Å². The molecule has 2 amide bonds. The van der Waals surface area contributed by atoms with Gasteiger partial charge in [0.2, 0.25) is 11.9 Å². The van der Waals surface area contributed by atoms with Crippen molar-refractivity contribution in [2.45, 2.75) is 46.1 Å². The van der Waals surface area contributed by atoms with Gasteiger partial charge in [0.05, 0.1) is 13.0 Å². The average Bonchev–Trinajstić information content (AvgIpc) is 3.17. The Morgan fingerprint density at radius 3 is 2.40 bits per heavy atom. The van der Waals surface area contributed by atoms with Crippen LogP contribution in [0.4, 0.5) is 27.8 Å². The molecule has 1 aliphatic rings.